The van der Waals surface area contributed by atoms with E-state index in [4.69, 9.17) is 11.5 Å². The zero-order chi connectivity index (χ0) is 12.4. The molecule has 0 aliphatic carbocycles. The van der Waals surface area contributed by atoms with Gasteiger partial charge < -0.3 is 10.0 Å². The lowest BCUT2D eigenvalue weighted by molar-refractivity contribution is -0.113. The molecule has 1 heterocycles. The molecule has 1 aliphatic heterocycles. The van der Waals surface area contributed by atoms with Gasteiger partial charge >= 0.3 is 11.9 Å². The van der Waals surface area contributed by atoms with Crippen molar-refractivity contribution in [2.24, 2.45) is 0 Å². The Bertz CT molecular complexity index is 528. The van der Waals surface area contributed by atoms with Crippen LogP contribution in [-0.2, 0) is 11.2 Å². The lowest BCUT2D eigenvalue weighted by Crippen LogP contribution is -2.34. The minimum absolute atomic E-state index is 0.235. The van der Waals surface area contributed by atoms with E-state index in [0.717, 1.165) is 24.1 Å². The first kappa shape index (κ1) is 11.2. The third-order valence-corrected chi connectivity index (χ3v) is 2.81. The summed E-state index contributed by atoms with van der Waals surface area (Å²) in [5, 5.41) is 8.89. The zero-order valence-corrected chi connectivity index (χ0v) is 9.14. The fraction of sp³-hybridized carbons (Fsp3) is 0.231. The topological polar surface area (TPSA) is 57.6 Å². The average Bonchev–Trinajstić information content (AvgIpc) is 2.36. The number of carboxylic acids is 1. The number of carboxylic acid groups (broad SMARTS) is 1. The molecule has 86 valence electrons. The molecule has 1 N–H and O–H groups in total. The van der Waals surface area contributed by atoms with Crippen LogP contribution in [0.15, 0.2) is 18.2 Å². The number of carbonyl (C=O) groups is 2. The van der Waals surface area contributed by atoms with Crippen LogP contribution in [-0.4, -0.2) is 23.5 Å². The minimum Gasteiger partial charge on any atom is -0.478 e. The predicted octanol–water partition coefficient (Wildman–Crippen LogP) is 1.30. The third kappa shape index (κ3) is 2.00. The van der Waals surface area contributed by atoms with Crippen LogP contribution < -0.4 is 4.90 Å². The van der Waals surface area contributed by atoms with Crippen molar-refractivity contribution in [1.29, 1.82) is 0 Å². The number of benzene rings is 1. The van der Waals surface area contributed by atoms with E-state index in [1.807, 2.05) is 0 Å². The smallest absolute Gasteiger partial charge is 0.335 e. The number of amides is 1. The molecule has 1 aromatic carbocycles. The quantitative estimate of drug-likeness (QED) is 0.738. The van der Waals surface area contributed by atoms with E-state index in [9.17, 15) is 9.59 Å². The van der Waals surface area contributed by atoms with Crippen LogP contribution >= 0.6 is 0 Å². The molecule has 1 aliphatic rings. The van der Waals surface area contributed by atoms with Gasteiger partial charge in [0, 0.05) is 12.2 Å². The Morgan fingerprint density at radius 3 is 2.82 bits per heavy atom. The van der Waals surface area contributed by atoms with E-state index in [2.05, 4.69) is 5.92 Å². The van der Waals surface area contributed by atoms with Crippen molar-refractivity contribution >= 4 is 17.6 Å². The third-order valence-electron chi connectivity index (χ3n) is 2.81. The fourth-order valence-electron chi connectivity index (χ4n) is 2.02. The Morgan fingerprint density at radius 1 is 1.41 bits per heavy atom. The monoisotopic (exact) mass is 229 g/mol. The number of aromatic carboxylic acids is 1. The average molecular weight is 229 g/mol. The summed E-state index contributed by atoms with van der Waals surface area (Å²) in [6.45, 7) is 0.586. The number of fused-ring (bicyclic) bond motifs is 1. The van der Waals surface area contributed by atoms with Crippen LogP contribution in [0.2, 0.25) is 0 Å². The van der Waals surface area contributed by atoms with Crippen molar-refractivity contribution in [3.8, 4) is 12.3 Å². The highest BCUT2D eigenvalue weighted by molar-refractivity contribution is 6.06. The van der Waals surface area contributed by atoms with Gasteiger partial charge in [0.05, 0.1) is 5.56 Å². The van der Waals surface area contributed by atoms with Gasteiger partial charge in [-0.3, -0.25) is 4.79 Å². The summed E-state index contributed by atoms with van der Waals surface area (Å²) in [5.74, 6) is 0.738. The minimum atomic E-state index is -0.965. The van der Waals surface area contributed by atoms with Gasteiger partial charge in [-0.05, 0) is 42.5 Å². The second-order valence-electron chi connectivity index (χ2n) is 3.85. The number of rotatable bonds is 1. The lowest BCUT2D eigenvalue weighted by Gasteiger charge is -2.27. The number of carbonyl (C=O) groups excluding carboxylic acids is 1. The highest BCUT2D eigenvalue weighted by atomic mass is 16.4. The lowest BCUT2D eigenvalue weighted by atomic mass is 9.99. The predicted molar refractivity (Wildman–Crippen MR) is 62.9 cm³/mol. The van der Waals surface area contributed by atoms with Crippen LogP contribution in [0.5, 0.6) is 0 Å². The Hall–Kier alpha value is -2.28. The first-order valence-electron chi connectivity index (χ1n) is 5.28. The maximum atomic E-state index is 11.5. The van der Waals surface area contributed by atoms with Crippen molar-refractivity contribution < 1.29 is 14.7 Å². The summed E-state index contributed by atoms with van der Waals surface area (Å²) in [6, 6.07) is 4.74. The molecule has 0 saturated carbocycles. The fourth-order valence-corrected chi connectivity index (χ4v) is 2.02. The molecule has 0 aromatic heterocycles. The molecule has 17 heavy (non-hydrogen) atoms. The summed E-state index contributed by atoms with van der Waals surface area (Å²) in [4.78, 5) is 23.9. The van der Waals surface area contributed by atoms with Crippen molar-refractivity contribution in [3.63, 3.8) is 0 Å². The first-order valence-corrected chi connectivity index (χ1v) is 5.28. The summed E-state index contributed by atoms with van der Waals surface area (Å²) in [7, 11) is 0. The number of nitrogens with zero attached hydrogens (tertiary/aromatic N) is 1. The zero-order valence-electron chi connectivity index (χ0n) is 9.14. The highest BCUT2D eigenvalue weighted by Crippen LogP contribution is 2.28. The molecule has 0 unspecified atom stereocenters. The molecule has 0 radical (unpaired) electrons. The molecule has 1 aromatic rings. The number of hydrogen-bond acceptors (Lipinski definition) is 2. The second kappa shape index (κ2) is 4.30. The normalized spacial score (nSPS) is 13.7. The van der Waals surface area contributed by atoms with Crippen LogP contribution in [0, 0.1) is 12.3 Å². The summed E-state index contributed by atoms with van der Waals surface area (Å²) in [5.41, 5.74) is 1.82. The van der Waals surface area contributed by atoms with Crippen molar-refractivity contribution in [2.45, 2.75) is 12.8 Å². The van der Waals surface area contributed by atoms with Crippen LogP contribution in [0.25, 0.3) is 0 Å². The van der Waals surface area contributed by atoms with E-state index in [1.54, 1.807) is 12.1 Å². The summed E-state index contributed by atoms with van der Waals surface area (Å²) >= 11 is 0. The van der Waals surface area contributed by atoms with E-state index >= 15 is 0 Å². The molecular weight excluding hydrogens is 218 g/mol. The molecule has 0 fully saturated rings. The van der Waals surface area contributed by atoms with E-state index < -0.39 is 5.97 Å². The molecule has 0 saturated heterocycles. The molecule has 1 amide bonds. The first-order chi connectivity index (χ1) is 8.13. The second-order valence-corrected chi connectivity index (χ2v) is 3.85. The molecule has 2 rings (SSSR count). The van der Waals surface area contributed by atoms with Gasteiger partial charge in [-0.15, -0.1) is 6.42 Å². The molecule has 4 heteroatoms. The Kier molecular flexibility index (Phi) is 2.84. The van der Waals surface area contributed by atoms with Gasteiger partial charge in [0.2, 0.25) is 0 Å². The maximum Gasteiger partial charge on any atom is 0.335 e. The number of aryl methyl sites for hydroxylation is 1. The number of terminal acetylenes is 1. The van der Waals surface area contributed by atoms with Gasteiger partial charge in [-0.2, -0.15) is 0 Å². The van der Waals surface area contributed by atoms with Crippen LogP contribution in [0.4, 0.5) is 5.69 Å². The SMILES string of the molecule is C#CC(=O)N1CCCc2cc(C(=O)O)ccc21. The summed E-state index contributed by atoms with van der Waals surface area (Å²) in [6.07, 6.45) is 6.67. The van der Waals surface area contributed by atoms with Crippen molar-refractivity contribution in [1.82, 2.24) is 0 Å². The standard InChI is InChI=1S/C13H11NO3/c1-2-12(15)14-7-3-4-9-8-10(13(16)17)5-6-11(9)14/h1,5-6,8H,3-4,7H2,(H,16,17). The number of hydrogen-bond donors (Lipinski definition) is 1. The molecule has 0 bridgehead atoms. The van der Waals surface area contributed by atoms with Gasteiger partial charge in [0.1, 0.15) is 0 Å². The largest absolute Gasteiger partial charge is 0.478 e. The van der Waals surface area contributed by atoms with Crippen LogP contribution in [0.3, 0.4) is 0 Å². The highest BCUT2D eigenvalue weighted by Gasteiger charge is 2.22. The Labute approximate surface area is 98.9 Å². The van der Waals surface area contributed by atoms with E-state index in [-0.39, 0.29) is 11.5 Å². The molecule has 0 spiro atoms. The van der Waals surface area contributed by atoms with E-state index in [0.29, 0.717) is 6.54 Å². The van der Waals surface area contributed by atoms with Gasteiger partial charge in [0.25, 0.3) is 0 Å². The van der Waals surface area contributed by atoms with Crippen molar-refractivity contribution in [2.75, 3.05) is 11.4 Å². The van der Waals surface area contributed by atoms with E-state index in [1.165, 1.54) is 11.0 Å². The van der Waals surface area contributed by atoms with Crippen molar-refractivity contribution in [3.05, 3.63) is 29.3 Å². The summed E-state index contributed by atoms with van der Waals surface area (Å²) < 4.78 is 0. The maximum absolute atomic E-state index is 11.5. The van der Waals surface area contributed by atoms with Gasteiger partial charge in [-0.25, -0.2) is 4.79 Å². The van der Waals surface area contributed by atoms with Gasteiger partial charge in [-0.1, -0.05) is 0 Å². The molecule has 0 atom stereocenters. The molecular formula is C13H11NO3. The van der Waals surface area contributed by atoms with Crippen LogP contribution in [0.1, 0.15) is 22.3 Å². The van der Waals surface area contributed by atoms with Gasteiger partial charge in [0.15, 0.2) is 0 Å². The Balaban J connectivity index is 2.44. The number of anilines is 1. The molecule has 4 nitrogen and oxygen atoms in total. The Morgan fingerprint density at radius 2 is 2.18 bits per heavy atom.